The summed E-state index contributed by atoms with van der Waals surface area (Å²) >= 11 is 6.16. The molecule has 3 nitrogen and oxygen atoms in total. The van der Waals surface area contributed by atoms with Gasteiger partial charge in [-0.15, -0.1) is 0 Å². The number of hydrogen-bond donors (Lipinski definition) is 1. The summed E-state index contributed by atoms with van der Waals surface area (Å²) < 4.78 is 2.28. The maximum atomic E-state index is 6.16. The smallest absolute Gasteiger partial charge is 0.150 e. The first-order valence-corrected chi connectivity index (χ1v) is 6.14. The first-order chi connectivity index (χ1) is 7.25. The Morgan fingerprint density at radius 2 is 2.13 bits per heavy atom. The van der Waals surface area contributed by atoms with Crippen molar-refractivity contribution in [1.29, 1.82) is 0 Å². The van der Waals surface area contributed by atoms with Crippen molar-refractivity contribution in [2.24, 2.45) is 5.73 Å². The van der Waals surface area contributed by atoms with Crippen molar-refractivity contribution in [2.75, 3.05) is 0 Å². The van der Waals surface area contributed by atoms with E-state index in [2.05, 4.69) is 9.55 Å². The molecule has 15 heavy (non-hydrogen) atoms. The van der Waals surface area contributed by atoms with Gasteiger partial charge in [0.25, 0.3) is 0 Å². The number of imidazole rings is 1. The summed E-state index contributed by atoms with van der Waals surface area (Å²) in [6, 6.07) is 0.279. The second kappa shape index (κ2) is 3.49. The van der Waals surface area contributed by atoms with Gasteiger partial charge in [-0.1, -0.05) is 18.0 Å². The van der Waals surface area contributed by atoms with Gasteiger partial charge in [0.15, 0.2) is 5.15 Å². The number of fused-ring (bicyclic) bond motifs is 1. The highest BCUT2D eigenvalue weighted by molar-refractivity contribution is 6.30. The fourth-order valence-corrected chi connectivity index (χ4v) is 2.83. The molecule has 0 bridgehead atoms. The van der Waals surface area contributed by atoms with Gasteiger partial charge in [0.05, 0.1) is 5.69 Å². The van der Waals surface area contributed by atoms with Gasteiger partial charge in [-0.2, -0.15) is 0 Å². The number of nitrogens with two attached hydrogens (primary N) is 1. The molecule has 1 aliphatic carbocycles. The van der Waals surface area contributed by atoms with Crippen LogP contribution in [-0.2, 0) is 13.0 Å². The number of rotatable bonds is 1. The third kappa shape index (κ3) is 1.49. The highest BCUT2D eigenvalue weighted by atomic mass is 35.5. The van der Waals surface area contributed by atoms with E-state index < -0.39 is 0 Å². The third-order valence-electron chi connectivity index (χ3n) is 3.69. The monoisotopic (exact) mass is 225 g/mol. The minimum Gasteiger partial charge on any atom is -0.329 e. The van der Waals surface area contributed by atoms with E-state index in [-0.39, 0.29) is 6.04 Å². The van der Waals surface area contributed by atoms with Crippen LogP contribution in [-0.4, -0.2) is 15.6 Å². The molecule has 82 valence electrons. The highest BCUT2D eigenvalue weighted by Crippen LogP contribution is 2.38. The van der Waals surface area contributed by atoms with E-state index in [0.29, 0.717) is 11.1 Å². The van der Waals surface area contributed by atoms with Crippen molar-refractivity contribution in [1.82, 2.24) is 9.55 Å². The summed E-state index contributed by atoms with van der Waals surface area (Å²) in [5.74, 6) is 1.83. The molecular formula is C11H16ClN3. The maximum absolute atomic E-state index is 6.16. The molecule has 1 fully saturated rings. The Morgan fingerprint density at radius 3 is 2.80 bits per heavy atom. The molecule has 2 N–H and O–H groups in total. The molecule has 1 aromatic heterocycles. The van der Waals surface area contributed by atoms with Gasteiger partial charge in [-0.25, -0.2) is 4.98 Å². The molecule has 4 heteroatoms. The normalized spacial score (nSPS) is 26.1. The molecule has 0 spiro atoms. The molecular weight excluding hydrogens is 210 g/mol. The van der Waals surface area contributed by atoms with Gasteiger partial charge in [-0.3, -0.25) is 0 Å². The van der Waals surface area contributed by atoms with Crippen LogP contribution in [0.5, 0.6) is 0 Å². The highest BCUT2D eigenvalue weighted by Gasteiger charge is 2.29. The summed E-state index contributed by atoms with van der Waals surface area (Å²) in [5, 5.41) is 0.712. The molecule has 3 rings (SSSR count). The van der Waals surface area contributed by atoms with E-state index >= 15 is 0 Å². The number of hydrogen-bond acceptors (Lipinski definition) is 2. The first kappa shape index (κ1) is 9.67. The minimum atomic E-state index is 0.279. The molecule has 0 aromatic carbocycles. The zero-order chi connectivity index (χ0) is 10.4. The van der Waals surface area contributed by atoms with Crippen LogP contribution >= 0.6 is 11.6 Å². The van der Waals surface area contributed by atoms with Crippen LogP contribution in [0.15, 0.2) is 0 Å². The van der Waals surface area contributed by atoms with E-state index in [1.165, 1.54) is 30.8 Å². The fourth-order valence-electron chi connectivity index (χ4n) is 2.54. The lowest BCUT2D eigenvalue weighted by Gasteiger charge is -2.29. The van der Waals surface area contributed by atoms with Crippen molar-refractivity contribution in [3.63, 3.8) is 0 Å². The maximum Gasteiger partial charge on any atom is 0.150 e. The summed E-state index contributed by atoms with van der Waals surface area (Å²) in [5.41, 5.74) is 7.20. The number of nitrogens with zero attached hydrogens (tertiary/aromatic N) is 2. The molecule has 0 saturated heterocycles. The third-order valence-corrected chi connectivity index (χ3v) is 4.00. The number of halogens is 1. The van der Waals surface area contributed by atoms with Gasteiger partial charge in [0, 0.05) is 18.5 Å². The van der Waals surface area contributed by atoms with E-state index in [1.807, 2.05) is 0 Å². The van der Waals surface area contributed by atoms with Gasteiger partial charge < -0.3 is 10.3 Å². The minimum absolute atomic E-state index is 0.279. The molecule has 2 heterocycles. The Hall–Kier alpha value is -0.540. The largest absolute Gasteiger partial charge is 0.329 e. The Bertz CT molecular complexity index is 381. The van der Waals surface area contributed by atoms with Crippen LogP contribution in [0, 0.1) is 0 Å². The van der Waals surface area contributed by atoms with Gasteiger partial charge in [0.2, 0.25) is 0 Å². The molecule has 1 aromatic rings. The molecule has 1 saturated carbocycles. The quantitative estimate of drug-likeness (QED) is 0.796. The Labute approximate surface area is 94.6 Å². The summed E-state index contributed by atoms with van der Waals surface area (Å²) in [4.78, 5) is 4.52. The van der Waals surface area contributed by atoms with Crippen molar-refractivity contribution in [3.8, 4) is 0 Å². The van der Waals surface area contributed by atoms with Gasteiger partial charge in [0.1, 0.15) is 5.82 Å². The summed E-state index contributed by atoms with van der Waals surface area (Å²) in [6.07, 6.45) is 5.88. The van der Waals surface area contributed by atoms with Crippen molar-refractivity contribution in [2.45, 2.75) is 50.6 Å². The SMILES string of the molecule is NC1CCc2c(Cl)nc(C3CCC3)n2C1. The number of aromatic nitrogens is 2. The van der Waals surface area contributed by atoms with Gasteiger partial charge in [-0.05, 0) is 25.7 Å². The first-order valence-electron chi connectivity index (χ1n) is 5.76. The lowest BCUT2D eigenvalue weighted by atomic mass is 9.84. The predicted octanol–water partition coefficient (Wildman–Crippen LogP) is 2.08. The zero-order valence-electron chi connectivity index (χ0n) is 8.75. The predicted molar refractivity (Wildman–Crippen MR) is 60.1 cm³/mol. The van der Waals surface area contributed by atoms with Crippen LogP contribution in [0.3, 0.4) is 0 Å². The Balaban J connectivity index is 2.00. The van der Waals surface area contributed by atoms with Crippen LogP contribution in [0.25, 0.3) is 0 Å². The average Bonchev–Trinajstić information content (AvgIpc) is 2.41. The van der Waals surface area contributed by atoms with Crippen molar-refractivity contribution >= 4 is 11.6 Å². The van der Waals surface area contributed by atoms with E-state index in [9.17, 15) is 0 Å². The molecule has 1 atom stereocenters. The second-order valence-electron chi connectivity index (χ2n) is 4.74. The topological polar surface area (TPSA) is 43.8 Å². The van der Waals surface area contributed by atoms with Crippen molar-refractivity contribution in [3.05, 3.63) is 16.7 Å². The lowest BCUT2D eigenvalue weighted by Crippen LogP contribution is -2.33. The Morgan fingerprint density at radius 1 is 1.33 bits per heavy atom. The van der Waals surface area contributed by atoms with E-state index in [4.69, 9.17) is 17.3 Å². The van der Waals surface area contributed by atoms with Crippen molar-refractivity contribution < 1.29 is 0 Å². The molecule has 0 amide bonds. The molecule has 1 aliphatic heterocycles. The van der Waals surface area contributed by atoms with E-state index in [0.717, 1.165) is 19.4 Å². The zero-order valence-corrected chi connectivity index (χ0v) is 9.50. The van der Waals surface area contributed by atoms with E-state index in [1.54, 1.807) is 0 Å². The van der Waals surface area contributed by atoms with Crippen LogP contribution in [0.2, 0.25) is 5.15 Å². The Kier molecular flexibility index (Phi) is 2.25. The van der Waals surface area contributed by atoms with Crippen LogP contribution in [0.1, 0.15) is 43.1 Å². The molecule has 2 aliphatic rings. The van der Waals surface area contributed by atoms with Crippen LogP contribution in [0.4, 0.5) is 0 Å². The summed E-state index contributed by atoms with van der Waals surface area (Å²) in [7, 11) is 0. The lowest BCUT2D eigenvalue weighted by molar-refractivity contribution is 0.365. The molecule has 0 radical (unpaired) electrons. The van der Waals surface area contributed by atoms with Crippen LogP contribution < -0.4 is 5.73 Å². The average molecular weight is 226 g/mol. The fraction of sp³-hybridized carbons (Fsp3) is 0.727. The van der Waals surface area contributed by atoms with Gasteiger partial charge >= 0.3 is 0 Å². The second-order valence-corrected chi connectivity index (χ2v) is 5.10. The standard InChI is InChI=1S/C11H16ClN3/c12-10-9-5-4-8(13)6-15(9)11(14-10)7-2-1-3-7/h7-8H,1-6,13H2. The summed E-state index contributed by atoms with van der Waals surface area (Å²) in [6.45, 7) is 0.904. The molecule has 1 unspecified atom stereocenters.